The molecule has 0 aliphatic rings. The Morgan fingerprint density at radius 3 is 1.60 bits per heavy atom. The van der Waals surface area contributed by atoms with E-state index in [1.165, 1.54) is 0 Å². The van der Waals surface area contributed by atoms with Crippen molar-refractivity contribution in [2.75, 3.05) is 0 Å². The largest absolute Gasteiger partial charge is 0.428 e. The fourth-order valence-electron chi connectivity index (χ4n) is 0.914. The first kappa shape index (κ1) is 11.7. The highest BCUT2D eigenvalue weighted by atomic mass is 19.3. The van der Waals surface area contributed by atoms with Gasteiger partial charge in [0.25, 0.3) is 0 Å². The third kappa shape index (κ3) is 2.00. The van der Waals surface area contributed by atoms with Gasteiger partial charge in [0, 0.05) is 5.56 Å². The van der Waals surface area contributed by atoms with Gasteiger partial charge in [0.15, 0.2) is 11.6 Å². The minimum atomic E-state index is -3.57. The summed E-state index contributed by atoms with van der Waals surface area (Å²) in [4.78, 5) is 0. The maximum absolute atomic E-state index is 12.8. The summed E-state index contributed by atoms with van der Waals surface area (Å²) in [6, 6.07) is 0. The van der Waals surface area contributed by atoms with Crippen LogP contribution in [-0.4, -0.2) is 6.61 Å². The Morgan fingerprint density at radius 1 is 0.867 bits per heavy atom. The van der Waals surface area contributed by atoms with Gasteiger partial charge in [-0.3, -0.25) is 0 Å². The Balaban J connectivity index is 3.39. The topological polar surface area (TPSA) is 9.23 Å². The fourth-order valence-corrected chi connectivity index (χ4v) is 0.914. The molecule has 0 heterocycles. The minimum Gasteiger partial charge on any atom is -0.428 e. The summed E-state index contributed by atoms with van der Waals surface area (Å²) in [6.45, 7) is -2.81. The van der Waals surface area contributed by atoms with Crippen LogP contribution in [-0.2, 0) is 0 Å². The number of rotatable bonds is 2. The highest BCUT2D eigenvalue weighted by Crippen LogP contribution is 2.30. The molecule has 0 saturated heterocycles. The molecule has 84 valence electrons. The molecule has 0 aliphatic carbocycles. The van der Waals surface area contributed by atoms with Crippen LogP contribution in [0.2, 0.25) is 0 Å². The monoisotopic (exact) mass is 230 g/mol. The molecule has 0 amide bonds. The average molecular weight is 230 g/mol. The summed E-state index contributed by atoms with van der Waals surface area (Å²) in [5, 5.41) is 0. The van der Waals surface area contributed by atoms with E-state index in [0.29, 0.717) is 0 Å². The van der Waals surface area contributed by atoms with Crippen LogP contribution in [0.5, 0.6) is 5.75 Å². The maximum Gasteiger partial charge on any atom is 0.387 e. The lowest BCUT2D eigenvalue weighted by Gasteiger charge is -2.09. The van der Waals surface area contributed by atoms with Crippen molar-refractivity contribution in [3.63, 3.8) is 0 Å². The predicted molar refractivity (Wildman–Crippen MR) is 37.6 cm³/mol. The molecule has 1 aromatic rings. The summed E-state index contributed by atoms with van der Waals surface area (Å²) >= 11 is 0. The van der Waals surface area contributed by atoms with Gasteiger partial charge < -0.3 is 4.74 Å². The quantitative estimate of drug-likeness (QED) is 0.560. The van der Waals surface area contributed by atoms with Gasteiger partial charge in [-0.2, -0.15) is 17.6 Å². The van der Waals surface area contributed by atoms with Gasteiger partial charge in [0.1, 0.15) is 0 Å². The normalized spacial score (nSPS) is 10.9. The number of alkyl halides is 2. The van der Waals surface area contributed by atoms with Crippen molar-refractivity contribution in [2.45, 2.75) is 13.5 Å². The molecule has 0 spiro atoms. The molecular formula is C8H4F6O. The molecule has 0 unspecified atom stereocenters. The summed E-state index contributed by atoms with van der Waals surface area (Å²) in [5.41, 5.74) is -0.938. The Kier molecular flexibility index (Phi) is 3.11. The smallest absolute Gasteiger partial charge is 0.387 e. The lowest BCUT2D eigenvalue weighted by atomic mass is 10.2. The predicted octanol–water partition coefficient (Wildman–Crippen LogP) is 3.15. The van der Waals surface area contributed by atoms with Crippen molar-refractivity contribution < 1.29 is 31.1 Å². The molecule has 7 heteroatoms. The lowest BCUT2D eigenvalue weighted by molar-refractivity contribution is -0.0554. The Labute approximate surface area is 80.3 Å². The fraction of sp³-hybridized carbons (Fsp3) is 0.250. The molecular weight excluding hydrogens is 226 g/mol. The molecule has 0 atom stereocenters. The van der Waals surface area contributed by atoms with E-state index in [4.69, 9.17) is 0 Å². The van der Waals surface area contributed by atoms with E-state index in [9.17, 15) is 26.3 Å². The van der Waals surface area contributed by atoms with Gasteiger partial charge in [-0.25, -0.2) is 8.78 Å². The Bertz CT molecular complexity index is 360. The van der Waals surface area contributed by atoms with E-state index in [0.717, 1.165) is 6.92 Å². The highest BCUT2D eigenvalue weighted by molar-refractivity contribution is 5.33. The van der Waals surface area contributed by atoms with E-state index >= 15 is 0 Å². The van der Waals surface area contributed by atoms with E-state index in [2.05, 4.69) is 4.74 Å². The number of benzene rings is 1. The molecule has 0 aliphatic heterocycles. The zero-order chi connectivity index (χ0) is 11.7. The summed E-state index contributed by atoms with van der Waals surface area (Å²) in [5.74, 6) is -9.24. The van der Waals surface area contributed by atoms with Gasteiger partial charge in [0.2, 0.25) is 17.4 Å². The Morgan fingerprint density at radius 2 is 1.27 bits per heavy atom. The van der Waals surface area contributed by atoms with Crippen molar-refractivity contribution in [3.05, 3.63) is 28.8 Å². The van der Waals surface area contributed by atoms with Crippen molar-refractivity contribution in [1.29, 1.82) is 0 Å². The van der Waals surface area contributed by atoms with Gasteiger partial charge in [-0.1, -0.05) is 0 Å². The van der Waals surface area contributed by atoms with E-state index < -0.39 is 41.2 Å². The van der Waals surface area contributed by atoms with Crippen LogP contribution >= 0.6 is 0 Å². The lowest BCUT2D eigenvalue weighted by Crippen LogP contribution is -2.10. The molecule has 15 heavy (non-hydrogen) atoms. The Hall–Kier alpha value is -1.40. The third-order valence-corrected chi connectivity index (χ3v) is 1.65. The van der Waals surface area contributed by atoms with E-state index in [1.54, 1.807) is 0 Å². The second kappa shape index (κ2) is 4.00. The molecule has 1 rings (SSSR count). The summed E-state index contributed by atoms with van der Waals surface area (Å²) in [6.07, 6.45) is 0. The zero-order valence-corrected chi connectivity index (χ0v) is 7.25. The van der Waals surface area contributed by atoms with Crippen LogP contribution in [0.15, 0.2) is 0 Å². The maximum atomic E-state index is 12.8. The molecule has 1 aromatic carbocycles. The molecule has 0 bridgehead atoms. The van der Waals surface area contributed by atoms with Crippen LogP contribution in [0, 0.1) is 30.2 Å². The van der Waals surface area contributed by atoms with Gasteiger partial charge in [-0.05, 0) is 6.92 Å². The summed E-state index contributed by atoms with van der Waals surface area (Å²) in [7, 11) is 0. The van der Waals surface area contributed by atoms with E-state index in [1.807, 2.05) is 0 Å². The average Bonchev–Trinajstić information content (AvgIpc) is 2.18. The first-order valence-electron chi connectivity index (χ1n) is 3.63. The SMILES string of the molecule is Cc1c(F)c(F)c(OC(F)F)c(F)c1F. The minimum absolute atomic E-state index is 0.767. The van der Waals surface area contributed by atoms with Crippen molar-refractivity contribution >= 4 is 0 Å². The molecule has 0 saturated carbocycles. The van der Waals surface area contributed by atoms with Crippen LogP contribution in [0.1, 0.15) is 5.56 Å². The molecule has 0 N–H and O–H groups in total. The van der Waals surface area contributed by atoms with Crippen molar-refractivity contribution in [1.82, 2.24) is 0 Å². The standard InChI is InChI=1S/C8H4F6O/c1-2-3(9)5(11)7(15-8(13)14)6(12)4(2)10/h8H,1H3. The second-order valence-corrected chi connectivity index (χ2v) is 2.59. The highest BCUT2D eigenvalue weighted by Gasteiger charge is 2.26. The van der Waals surface area contributed by atoms with Crippen LogP contribution < -0.4 is 4.74 Å². The second-order valence-electron chi connectivity index (χ2n) is 2.59. The van der Waals surface area contributed by atoms with Crippen LogP contribution in [0.25, 0.3) is 0 Å². The molecule has 0 radical (unpaired) electrons. The summed E-state index contributed by atoms with van der Waals surface area (Å²) < 4.78 is 77.8. The first-order chi connectivity index (χ1) is 6.86. The van der Waals surface area contributed by atoms with Crippen molar-refractivity contribution in [3.8, 4) is 5.75 Å². The number of halogens is 6. The zero-order valence-electron chi connectivity index (χ0n) is 7.25. The third-order valence-electron chi connectivity index (χ3n) is 1.65. The van der Waals surface area contributed by atoms with Gasteiger partial charge in [-0.15, -0.1) is 0 Å². The first-order valence-corrected chi connectivity index (χ1v) is 3.63. The number of hydrogen-bond acceptors (Lipinski definition) is 1. The van der Waals surface area contributed by atoms with Gasteiger partial charge in [0.05, 0.1) is 0 Å². The molecule has 0 fully saturated rings. The molecule has 1 nitrogen and oxygen atoms in total. The number of hydrogen-bond donors (Lipinski definition) is 0. The molecule has 0 aromatic heterocycles. The van der Waals surface area contributed by atoms with Crippen LogP contribution in [0.4, 0.5) is 26.3 Å². The van der Waals surface area contributed by atoms with E-state index in [-0.39, 0.29) is 0 Å². The van der Waals surface area contributed by atoms with Gasteiger partial charge >= 0.3 is 6.61 Å². The number of ether oxygens (including phenoxy) is 1. The van der Waals surface area contributed by atoms with Crippen molar-refractivity contribution in [2.24, 2.45) is 0 Å². The van der Waals surface area contributed by atoms with Crippen LogP contribution in [0.3, 0.4) is 0 Å².